The van der Waals surface area contributed by atoms with Crippen LogP contribution in [0.15, 0.2) is 0 Å². The fourth-order valence-electron chi connectivity index (χ4n) is 1.18. The summed E-state index contributed by atoms with van der Waals surface area (Å²) < 4.78 is 5.04. The van der Waals surface area contributed by atoms with Crippen molar-refractivity contribution in [2.24, 2.45) is 0 Å². The number of nitrogens with zero attached hydrogens (tertiary/aromatic N) is 3. The third-order valence-corrected chi connectivity index (χ3v) is 1.93. The monoisotopic (exact) mass is 197 g/mol. The highest BCUT2D eigenvalue weighted by atomic mass is 16.5. The average Bonchev–Trinajstić information content (AvgIpc) is 2.19. The molecule has 6 heteroatoms. The van der Waals surface area contributed by atoms with Gasteiger partial charge in [0.05, 0.1) is 13.2 Å². The van der Waals surface area contributed by atoms with E-state index in [2.05, 4.69) is 4.79 Å². The maximum absolute atomic E-state index is 11.5. The minimum absolute atomic E-state index is 0.422. The fourth-order valence-corrected chi connectivity index (χ4v) is 1.18. The number of ketones is 1. The molecule has 0 N–H and O–H groups in total. The lowest BCUT2D eigenvalue weighted by atomic mass is 10.2. The molecule has 1 saturated heterocycles. The van der Waals surface area contributed by atoms with Gasteiger partial charge in [0.15, 0.2) is 0 Å². The van der Waals surface area contributed by atoms with E-state index in [1.165, 1.54) is 11.8 Å². The molecule has 1 amide bonds. The van der Waals surface area contributed by atoms with Gasteiger partial charge < -0.3 is 15.2 Å². The van der Waals surface area contributed by atoms with Crippen LogP contribution in [0.4, 0.5) is 0 Å². The Morgan fingerprint density at radius 2 is 1.93 bits per heavy atom. The Morgan fingerprint density at radius 3 is 2.36 bits per heavy atom. The predicted octanol–water partition coefficient (Wildman–Crippen LogP) is -0.895. The highest BCUT2D eigenvalue weighted by Crippen LogP contribution is 1.98. The van der Waals surface area contributed by atoms with Gasteiger partial charge in [-0.05, 0) is 0 Å². The third-order valence-electron chi connectivity index (χ3n) is 1.93. The summed E-state index contributed by atoms with van der Waals surface area (Å²) in [4.78, 5) is 26.5. The van der Waals surface area contributed by atoms with Crippen LogP contribution in [0.25, 0.3) is 5.53 Å². The molecule has 0 radical (unpaired) electrons. The summed E-state index contributed by atoms with van der Waals surface area (Å²) in [5, 5.41) is 0. The molecule has 0 saturated carbocycles. The van der Waals surface area contributed by atoms with E-state index in [0.29, 0.717) is 26.3 Å². The summed E-state index contributed by atoms with van der Waals surface area (Å²) in [5.74, 6) is -1.08. The molecule has 1 rings (SSSR count). The fraction of sp³-hybridized carbons (Fsp3) is 0.625. The zero-order valence-electron chi connectivity index (χ0n) is 7.89. The highest BCUT2D eigenvalue weighted by molar-refractivity contribution is 6.63. The van der Waals surface area contributed by atoms with Gasteiger partial charge in [0.1, 0.15) is 0 Å². The first kappa shape index (κ1) is 10.6. The molecule has 76 valence electrons. The van der Waals surface area contributed by atoms with Gasteiger partial charge in [-0.1, -0.05) is 0 Å². The Labute approximate surface area is 81.1 Å². The molecular weight excluding hydrogens is 186 g/mol. The number of rotatable bonds is 2. The maximum atomic E-state index is 11.5. The maximum Gasteiger partial charge on any atom is 0.421 e. The summed E-state index contributed by atoms with van der Waals surface area (Å²) in [6.07, 6.45) is 0. The van der Waals surface area contributed by atoms with E-state index in [0.717, 1.165) is 0 Å². The molecule has 0 aromatic carbocycles. The second-order valence-electron chi connectivity index (χ2n) is 2.91. The molecular formula is C8H11N3O3. The zero-order chi connectivity index (χ0) is 10.6. The number of carbonyl (C=O) groups excluding carboxylic acids is 2. The zero-order valence-corrected chi connectivity index (χ0v) is 7.89. The van der Waals surface area contributed by atoms with Gasteiger partial charge in [0.25, 0.3) is 0 Å². The van der Waals surface area contributed by atoms with Crippen LogP contribution in [-0.4, -0.2) is 53.4 Å². The molecule has 0 aromatic rings. The van der Waals surface area contributed by atoms with E-state index in [4.69, 9.17) is 10.3 Å². The van der Waals surface area contributed by atoms with E-state index < -0.39 is 17.4 Å². The Kier molecular flexibility index (Phi) is 3.50. The van der Waals surface area contributed by atoms with Crippen LogP contribution >= 0.6 is 0 Å². The molecule has 1 aliphatic rings. The molecule has 0 bridgehead atoms. The lowest BCUT2D eigenvalue weighted by molar-refractivity contribution is -0.134. The number of hydrogen-bond acceptors (Lipinski definition) is 3. The first-order chi connectivity index (χ1) is 6.66. The summed E-state index contributed by atoms with van der Waals surface area (Å²) >= 11 is 0. The number of amides is 1. The van der Waals surface area contributed by atoms with E-state index in [1.54, 1.807) is 0 Å². The van der Waals surface area contributed by atoms with Crippen LogP contribution in [0.1, 0.15) is 6.92 Å². The summed E-state index contributed by atoms with van der Waals surface area (Å²) in [7, 11) is 0. The van der Waals surface area contributed by atoms with E-state index >= 15 is 0 Å². The van der Waals surface area contributed by atoms with Gasteiger partial charge >= 0.3 is 11.6 Å². The van der Waals surface area contributed by atoms with Gasteiger partial charge in [-0.2, -0.15) is 4.79 Å². The van der Waals surface area contributed by atoms with Crippen molar-refractivity contribution in [3.8, 4) is 0 Å². The van der Waals surface area contributed by atoms with Gasteiger partial charge in [0.2, 0.25) is 5.78 Å². The van der Waals surface area contributed by atoms with Crippen molar-refractivity contribution >= 4 is 17.4 Å². The summed E-state index contributed by atoms with van der Waals surface area (Å²) in [6.45, 7) is 2.92. The van der Waals surface area contributed by atoms with Crippen molar-refractivity contribution in [3.05, 3.63) is 5.53 Å². The molecule has 14 heavy (non-hydrogen) atoms. The SMILES string of the molecule is CC(=O)C(=[N+]=[N-])C(=O)N1CCOCC1. The number of hydrogen-bond donors (Lipinski definition) is 0. The van der Waals surface area contributed by atoms with Crippen LogP contribution < -0.4 is 0 Å². The largest absolute Gasteiger partial charge is 0.421 e. The Balaban J connectivity index is 2.72. The summed E-state index contributed by atoms with van der Waals surface area (Å²) in [6, 6.07) is 0. The number of carbonyl (C=O) groups is 2. The van der Waals surface area contributed by atoms with Gasteiger partial charge in [-0.3, -0.25) is 9.59 Å². The normalized spacial score (nSPS) is 15.9. The second-order valence-corrected chi connectivity index (χ2v) is 2.91. The minimum Gasteiger partial charge on any atom is -0.378 e. The highest BCUT2D eigenvalue weighted by Gasteiger charge is 2.31. The van der Waals surface area contributed by atoms with Crippen LogP contribution in [0.2, 0.25) is 0 Å². The molecule has 1 heterocycles. The van der Waals surface area contributed by atoms with Crippen molar-refractivity contribution < 1.29 is 19.1 Å². The molecule has 0 atom stereocenters. The second kappa shape index (κ2) is 4.64. The van der Waals surface area contributed by atoms with Crippen molar-refractivity contribution in [3.63, 3.8) is 0 Å². The molecule has 0 aromatic heterocycles. The summed E-state index contributed by atoms with van der Waals surface area (Å²) in [5.41, 5.74) is 8.06. The quantitative estimate of drug-likeness (QED) is 0.249. The number of ether oxygens (including phenoxy) is 1. The van der Waals surface area contributed by atoms with Crippen LogP contribution in [-0.2, 0) is 14.3 Å². The Morgan fingerprint density at radius 1 is 1.36 bits per heavy atom. The third kappa shape index (κ3) is 2.25. The number of Topliss-reactive ketones (excluding diaryl/α,β-unsaturated/α-hetero) is 1. The number of morpholine rings is 1. The molecule has 0 unspecified atom stereocenters. The predicted molar refractivity (Wildman–Crippen MR) is 46.7 cm³/mol. The van der Waals surface area contributed by atoms with Crippen molar-refractivity contribution in [1.29, 1.82) is 0 Å². The van der Waals surface area contributed by atoms with E-state index in [9.17, 15) is 9.59 Å². The van der Waals surface area contributed by atoms with Gasteiger partial charge in [-0.25, -0.2) is 0 Å². The first-order valence-electron chi connectivity index (χ1n) is 4.27. The smallest absolute Gasteiger partial charge is 0.378 e. The molecule has 6 nitrogen and oxygen atoms in total. The van der Waals surface area contributed by atoms with Crippen molar-refractivity contribution in [2.75, 3.05) is 26.3 Å². The lowest BCUT2D eigenvalue weighted by Gasteiger charge is -2.24. The Hall–Kier alpha value is -1.52. The minimum atomic E-state index is -0.539. The van der Waals surface area contributed by atoms with Crippen LogP contribution in [0.5, 0.6) is 0 Å². The lowest BCUT2D eigenvalue weighted by Crippen LogP contribution is -2.46. The molecule has 0 spiro atoms. The van der Waals surface area contributed by atoms with E-state index in [1.807, 2.05) is 0 Å². The average molecular weight is 197 g/mol. The van der Waals surface area contributed by atoms with Crippen LogP contribution in [0, 0.1) is 0 Å². The molecule has 0 aliphatic carbocycles. The van der Waals surface area contributed by atoms with E-state index in [-0.39, 0.29) is 0 Å². The molecule has 1 aliphatic heterocycles. The van der Waals surface area contributed by atoms with Crippen molar-refractivity contribution in [1.82, 2.24) is 4.90 Å². The van der Waals surface area contributed by atoms with Gasteiger partial charge in [-0.15, -0.1) is 0 Å². The molecule has 1 fully saturated rings. The first-order valence-corrected chi connectivity index (χ1v) is 4.27. The standard InChI is InChI=1S/C8H11N3O3/c1-6(12)7(10-9)8(13)11-2-4-14-5-3-11/h2-5H2,1H3. The van der Waals surface area contributed by atoms with Crippen molar-refractivity contribution in [2.45, 2.75) is 6.92 Å². The topological polar surface area (TPSA) is 83.0 Å². The Bertz CT molecular complexity index is 301. The van der Waals surface area contributed by atoms with Crippen LogP contribution in [0.3, 0.4) is 0 Å². The van der Waals surface area contributed by atoms with Gasteiger partial charge in [0, 0.05) is 20.0 Å².